The summed E-state index contributed by atoms with van der Waals surface area (Å²) in [5.41, 5.74) is 0. The Hall–Kier alpha value is -1.66. The highest BCUT2D eigenvalue weighted by atomic mass is 16.5. The molecule has 0 aliphatic carbocycles. The molecule has 2 atom stereocenters. The van der Waals surface area contributed by atoms with Crippen molar-refractivity contribution in [3.05, 3.63) is 24.3 Å². The summed E-state index contributed by atoms with van der Waals surface area (Å²) in [6.07, 6.45) is 74.9. The molecule has 0 bridgehead atoms. The first-order valence-corrected chi connectivity index (χ1v) is 32.1. The molecule has 0 aromatic heterocycles. The zero-order valence-electron chi connectivity index (χ0n) is 48.0. The van der Waals surface area contributed by atoms with Crippen molar-refractivity contribution < 1.29 is 24.5 Å². The third-order valence-corrected chi connectivity index (χ3v) is 15.0. The van der Waals surface area contributed by atoms with Gasteiger partial charge in [-0.05, 0) is 77.0 Å². The van der Waals surface area contributed by atoms with E-state index in [-0.39, 0.29) is 18.5 Å². The van der Waals surface area contributed by atoms with Crippen LogP contribution in [-0.2, 0) is 14.3 Å². The third-order valence-electron chi connectivity index (χ3n) is 15.0. The van der Waals surface area contributed by atoms with Gasteiger partial charge in [0.2, 0.25) is 5.91 Å². The van der Waals surface area contributed by atoms with Gasteiger partial charge in [-0.15, -0.1) is 0 Å². The van der Waals surface area contributed by atoms with Gasteiger partial charge >= 0.3 is 5.97 Å². The van der Waals surface area contributed by atoms with E-state index in [0.29, 0.717) is 25.9 Å². The first-order chi connectivity index (χ1) is 35.0. The Morgan fingerprint density at radius 3 is 1.00 bits per heavy atom. The Morgan fingerprint density at radius 1 is 0.380 bits per heavy atom. The second-order valence-electron chi connectivity index (χ2n) is 22.1. The molecular formula is C65H125NO5. The molecular weight excluding hydrogens is 875 g/mol. The number of hydrogen-bond acceptors (Lipinski definition) is 5. The Balaban J connectivity index is 3.36. The number of aliphatic hydroxyl groups excluding tert-OH is 2. The Kier molecular flexibility index (Phi) is 59.5. The third kappa shape index (κ3) is 57.5. The van der Waals surface area contributed by atoms with E-state index in [1.807, 2.05) is 0 Å². The topological polar surface area (TPSA) is 95.9 Å². The molecule has 0 heterocycles. The van der Waals surface area contributed by atoms with E-state index in [1.165, 1.54) is 276 Å². The molecule has 420 valence electrons. The van der Waals surface area contributed by atoms with Crippen molar-refractivity contribution in [1.82, 2.24) is 5.32 Å². The van der Waals surface area contributed by atoms with Crippen molar-refractivity contribution in [2.24, 2.45) is 0 Å². The van der Waals surface area contributed by atoms with E-state index < -0.39 is 12.1 Å². The van der Waals surface area contributed by atoms with Crippen molar-refractivity contribution in [2.75, 3.05) is 13.2 Å². The molecule has 6 heteroatoms. The van der Waals surface area contributed by atoms with Gasteiger partial charge in [-0.25, -0.2) is 0 Å². The van der Waals surface area contributed by atoms with Crippen LogP contribution in [0.4, 0.5) is 0 Å². The van der Waals surface area contributed by atoms with Crippen LogP contribution in [0.15, 0.2) is 24.3 Å². The quantitative estimate of drug-likeness (QED) is 0.0320. The van der Waals surface area contributed by atoms with E-state index in [2.05, 4.69) is 43.5 Å². The van der Waals surface area contributed by atoms with Crippen LogP contribution in [0.2, 0.25) is 0 Å². The zero-order valence-corrected chi connectivity index (χ0v) is 48.0. The van der Waals surface area contributed by atoms with Gasteiger partial charge in [0.15, 0.2) is 0 Å². The predicted octanol–water partition coefficient (Wildman–Crippen LogP) is 20.2. The largest absolute Gasteiger partial charge is 0.466 e. The number of nitrogens with one attached hydrogen (secondary N) is 1. The predicted molar refractivity (Wildman–Crippen MR) is 310 cm³/mol. The molecule has 0 fully saturated rings. The minimum Gasteiger partial charge on any atom is -0.466 e. The number of hydrogen-bond donors (Lipinski definition) is 3. The van der Waals surface area contributed by atoms with Crippen LogP contribution in [0.25, 0.3) is 0 Å². The maximum atomic E-state index is 12.4. The van der Waals surface area contributed by atoms with Gasteiger partial charge in [0.25, 0.3) is 0 Å². The van der Waals surface area contributed by atoms with Crippen molar-refractivity contribution in [3.63, 3.8) is 0 Å². The smallest absolute Gasteiger partial charge is 0.305 e. The van der Waals surface area contributed by atoms with Crippen molar-refractivity contribution in [3.8, 4) is 0 Å². The summed E-state index contributed by atoms with van der Waals surface area (Å²) in [6.45, 7) is 4.96. The summed E-state index contributed by atoms with van der Waals surface area (Å²) < 4.78 is 5.50. The van der Waals surface area contributed by atoms with Crippen LogP contribution in [0.1, 0.15) is 354 Å². The molecule has 0 aromatic rings. The lowest BCUT2D eigenvalue weighted by atomic mass is 10.0. The summed E-state index contributed by atoms with van der Waals surface area (Å²) in [6, 6.07) is -0.543. The van der Waals surface area contributed by atoms with Crippen LogP contribution < -0.4 is 5.32 Å². The van der Waals surface area contributed by atoms with Crippen LogP contribution in [0.5, 0.6) is 0 Å². The molecule has 0 spiro atoms. The highest BCUT2D eigenvalue weighted by Crippen LogP contribution is 2.18. The normalized spacial score (nSPS) is 12.7. The van der Waals surface area contributed by atoms with E-state index in [4.69, 9.17) is 4.74 Å². The maximum absolute atomic E-state index is 12.4. The lowest BCUT2D eigenvalue weighted by molar-refractivity contribution is -0.143. The van der Waals surface area contributed by atoms with Crippen molar-refractivity contribution >= 4 is 11.9 Å². The fraction of sp³-hybridized carbons (Fsp3) is 0.908. The molecule has 71 heavy (non-hydrogen) atoms. The van der Waals surface area contributed by atoms with E-state index in [9.17, 15) is 19.8 Å². The average molecular weight is 1000 g/mol. The van der Waals surface area contributed by atoms with Gasteiger partial charge in [-0.2, -0.15) is 0 Å². The fourth-order valence-corrected chi connectivity index (χ4v) is 10.0. The van der Waals surface area contributed by atoms with Crippen LogP contribution in [0, 0.1) is 0 Å². The molecule has 0 saturated carbocycles. The van der Waals surface area contributed by atoms with E-state index in [1.54, 1.807) is 0 Å². The van der Waals surface area contributed by atoms with Gasteiger partial charge < -0.3 is 20.3 Å². The molecule has 6 nitrogen and oxygen atoms in total. The number of aliphatic hydroxyl groups is 2. The Labute approximate surface area is 443 Å². The molecule has 2 unspecified atom stereocenters. The molecule has 0 saturated heterocycles. The van der Waals surface area contributed by atoms with Gasteiger partial charge in [0.1, 0.15) is 0 Å². The van der Waals surface area contributed by atoms with E-state index >= 15 is 0 Å². The molecule has 0 aliphatic rings. The standard InChI is InChI=1S/C65H125NO5/c1-3-5-7-9-11-13-15-16-17-18-25-29-32-35-39-43-47-51-55-59-65(70)71-60-56-52-48-44-40-36-33-30-27-24-22-20-19-21-23-26-28-31-34-38-42-46-50-54-58-64(69)66-62(61-67)63(68)57-53-49-45-41-37-14-12-10-8-6-4-2/h16-17,21,23,62-63,67-68H,3-15,18-20,22,24-61H2,1-2H3,(H,66,69)/b17-16-,23-21-. The molecule has 1 amide bonds. The first kappa shape index (κ1) is 69.3. The molecule has 0 rings (SSSR count). The lowest BCUT2D eigenvalue weighted by Crippen LogP contribution is -2.45. The number of ether oxygens (including phenoxy) is 1. The molecule has 3 N–H and O–H groups in total. The number of esters is 1. The summed E-state index contributed by atoms with van der Waals surface area (Å²) in [7, 11) is 0. The van der Waals surface area contributed by atoms with Gasteiger partial charge in [-0.3, -0.25) is 9.59 Å². The monoisotopic (exact) mass is 1000 g/mol. The van der Waals surface area contributed by atoms with Crippen LogP contribution in [-0.4, -0.2) is 47.4 Å². The van der Waals surface area contributed by atoms with Crippen molar-refractivity contribution in [1.29, 1.82) is 0 Å². The lowest BCUT2D eigenvalue weighted by Gasteiger charge is -2.22. The molecule has 0 aromatic carbocycles. The summed E-state index contributed by atoms with van der Waals surface area (Å²) in [5.74, 6) is -0.0270. The minimum atomic E-state index is -0.665. The Morgan fingerprint density at radius 2 is 0.662 bits per heavy atom. The average Bonchev–Trinajstić information content (AvgIpc) is 3.37. The van der Waals surface area contributed by atoms with Gasteiger partial charge in [-0.1, -0.05) is 289 Å². The second kappa shape index (κ2) is 60.9. The van der Waals surface area contributed by atoms with Crippen LogP contribution in [0.3, 0.4) is 0 Å². The van der Waals surface area contributed by atoms with Gasteiger partial charge in [0, 0.05) is 12.8 Å². The first-order valence-electron chi connectivity index (χ1n) is 32.1. The second-order valence-corrected chi connectivity index (χ2v) is 22.1. The number of unbranched alkanes of at least 4 members (excludes halogenated alkanes) is 45. The number of carbonyl (C=O) groups excluding carboxylic acids is 2. The summed E-state index contributed by atoms with van der Waals surface area (Å²) in [5, 5.41) is 23.2. The zero-order chi connectivity index (χ0) is 51.4. The Bertz CT molecular complexity index is 1110. The molecule has 0 aliphatic heterocycles. The highest BCUT2D eigenvalue weighted by molar-refractivity contribution is 5.76. The minimum absolute atomic E-state index is 0.0125. The van der Waals surface area contributed by atoms with Crippen LogP contribution >= 0.6 is 0 Å². The fourth-order valence-electron chi connectivity index (χ4n) is 10.0. The highest BCUT2D eigenvalue weighted by Gasteiger charge is 2.20. The molecule has 0 radical (unpaired) electrons. The van der Waals surface area contributed by atoms with Crippen molar-refractivity contribution in [2.45, 2.75) is 366 Å². The SMILES string of the molecule is CCCCCCCC/C=C\CCCCCCCCCCCC(=O)OCCCCCCCCCCCCCC/C=C\CCCCCCCCCCC(=O)NC(CO)C(O)CCCCCCCCCCCCC. The number of rotatable bonds is 60. The number of allylic oxidation sites excluding steroid dienone is 4. The van der Waals surface area contributed by atoms with Gasteiger partial charge in [0.05, 0.1) is 25.4 Å². The maximum Gasteiger partial charge on any atom is 0.305 e. The number of carbonyl (C=O) groups is 2. The number of amides is 1. The summed E-state index contributed by atoms with van der Waals surface area (Å²) >= 11 is 0. The summed E-state index contributed by atoms with van der Waals surface area (Å²) in [4.78, 5) is 24.5. The van der Waals surface area contributed by atoms with E-state index in [0.717, 1.165) is 44.9 Å².